The molecule has 1 aromatic rings. The lowest BCUT2D eigenvalue weighted by molar-refractivity contribution is -0.0212. The SMILES string of the molecule is C[C@@H]1CN(CCN2CCC[C@@H](c3nnc4n3CCC4)C2)CCO1. The van der Waals surface area contributed by atoms with Crippen molar-refractivity contribution in [2.24, 2.45) is 0 Å². The van der Waals surface area contributed by atoms with Crippen LogP contribution in [0.15, 0.2) is 0 Å². The predicted octanol–water partition coefficient (Wildman–Crippen LogP) is 1.12. The Morgan fingerprint density at radius 3 is 2.78 bits per heavy atom. The molecule has 0 radical (unpaired) electrons. The maximum atomic E-state index is 5.64. The van der Waals surface area contributed by atoms with Crippen molar-refractivity contribution in [3.63, 3.8) is 0 Å². The van der Waals surface area contributed by atoms with E-state index in [0.717, 1.165) is 39.2 Å². The summed E-state index contributed by atoms with van der Waals surface area (Å²) in [7, 11) is 0. The van der Waals surface area contributed by atoms with Crippen LogP contribution in [-0.2, 0) is 17.7 Å². The topological polar surface area (TPSA) is 46.4 Å². The highest BCUT2D eigenvalue weighted by Crippen LogP contribution is 2.28. The van der Waals surface area contributed by atoms with E-state index in [9.17, 15) is 0 Å². The third-order valence-corrected chi connectivity index (χ3v) is 5.57. The van der Waals surface area contributed by atoms with Crippen LogP contribution in [0.1, 0.15) is 43.8 Å². The lowest BCUT2D eigenvalue weighted by Crippen LogP contribution is -2.46. The summed E-state index contributed by atoms with van der Waals surface area (Å²) in [6.07, 6.45) is 5.29. The molecule has 0 N–H and O–H groups in total. The monoisotopic (exact) mass is 319 g/mol. The molecule has 4 heterocycles. The first-order chi connectivity index (χ1) is 11.3. The first-order valence-corrected chi connectivity index (χ1v) is 9.28. The summed E-state index contributed by atoms with van der Waals surface area (Å²) >= 11 is 0. The van der Waals surface area contributed by atoms with Gasteiger partial charge in [0.2, 0.25) is 0 Å². The van der Waals surface area contributed by atoms with E-state index < -0.39 is 0 Å². The Kier molecular flexibility index (Phi) is 4.64. The predicted molar refractivity (Wildman–Crippen MR) is 88.6 cm³/mol. The minimum atomic E-state index is 0.386. The van der Waals surface area contributed by atoms with Crippen molar-refractivity contribution in [2.75, 3.05) is 45.9 Å². The molecule has 0 bridgehead atoms. The van der Waals surface area contributed by atoms with Gasteiger partial charge in [0.05, 0.1) is 12.7 Å². The number of piperidine rings is 1. The molecular weight excluding hydrogens is 290 g/mol. The van der Waals surface area contributed by atoms with Gasteiger partial charge < -0.3 is 14.2 Å². The molecule has 3 aliphatic rings. The van der Waals surface area contributed by atoms with Crippen LogP contribution in [0.5, 0.6) is 0 Å². The molecule has 0 saturated carbocycles. The Bertz CT molecular complexity index is 531. The minimum Gasteiger partial charge on any atom is -0.376 e. The second-order valence-electron chi connectivity index (χ2n) is 7.35. The Hall–Kier alpha value is -0.980. The Balaban J connectivity index is 1.32. The van der Waals surface area contributed by atoms with Crippen LogP contribution >= 0.6 is 0 Å². The fourth-order valence-electron chi connectivity index (χ4n) is 4.32. The molecule has 4 rings (SSSR count). The third kappa shape index (κ3) is 3.44. The maximum absolute atomic E-state index is 5.64. The quantitative estimate of drug-likeness (QED) is 0.832. The van der Waals surface area contributed by atoms with Crippen molar-refractivity contribution in [1.82, 2.24) is 24.6 Å². The van der Waals surface area contributed by atoms with Crippen LogP contribution in [-0.4, -0.2) is 76.5 Å². The van der Waals surface area contributed by atoms with Crippen LogP contribution in [0.3, 0.4) is 0 Å². The summed E-state index contributed by atoms with van der Waals surface area (Å²) in [6, 6.07) is 0. The number of morpholine rings is 1. The molecule has 6 nitrogen and oxygen atoms in total. The Labute approximate surface area is 138 Å². The van der Waals surface area contributed by atoms with Gasteiger partial charge >= 0.3 is 0 Å². The smallest absolute Gasteiger partial charge is 0.137 e. The van der Waals surface area contributed by atoms with Gasteiger partial charge in [-0.15, -0.1) is 10.2 Å². The van der Waals surface area contributed by atoms with Crippen LogP contribution in [0.4, 0.5) is 0 Å². The van der Waals surface area contributed by atoms with E-state index in [2.05, 4.69) is 31.5 Å². The van der Waals surface area contributed by atoms with E-state index in [1.54, 1.807) is 0 Å². The first-order valence-electron chi connectivity index (χ1n) is 9.28. The van der Waals surface area contributed by atoms with Crippen LogP contribution in [0.25, 0.3) is 0 Å². The first kappa shape index (κ1) is 15.5. The number of likely N-dealkylation sites (tertiary alicyclic amines) is 1. The Morgan fingerprint density at radius 1 is 1.04 bits per heavy atom. The lowest BCUT2D eigenvalue weighted by atomic mass is 9.97. The molecule has 3 aliphatic heterocycles. The lowest BCUT2D eigenvalue weighted by Gasteiger charge is -2.36. The molecule has 128 valence electrons. The molecular formula is C17H29N5O. The van der Waals surface area contributed by atoms with Crippen molar-refractivity contribution in [3.8, 4) is 0 Å². The van der Waals surface area contributed by atoms with E-state index in [1.807, 2.05) is 0 Å². The number of hydrogen-bond donors (Lipinski definition) is 0. The van der Waals surface area contributed by atoms with E-state index in [4.69, 9.17) is 4.74 Å². The largest absolute Gasteiger partial charge is 0.376 e. The standard InChI is InChI=1S/C17H29N5O/c1-14-12-21(10-11-23-14)9-8-20-6-2-4-15(13-20)17-19-18-16-5-3-7-22(16)17/h14-15H,2-13H2,1H3/t14-,15-/m1/s1. The van der Waals surface area contributed by atoms with Crippen molar-refractivity contribution in [1.29, 1.82) is 0 Å². The van der Waals surface area contributed by atoms with E-state index in [1.165, 1.54) is 50.5 Å². The summed E-state index contributed by atoms with van der Waals surface area (Å²) in [4.78, 5) is 5.18. The van der Waals surface area contributed by atoms with Crippen molar-refractivity contribution < 1.29 is 4.74 Å². The summed E-state index contributed by atoms with van der Waals surface area (Å²) in [5.41, 5.74) is 0. The molecule has 0 aliphatic carbocycles. The summed E-state index contributed by atoms with van der Waals surface area (Å²) in [5, 5.41) is 8.91. The van der Waals surface area contributed by atoms with Crippen LogP contribution in [0.2, 0.25) is 0 Å². The molecule has 1 aromatic heterocycles. The average Bonchev–Trinajstić information content (AvgIpc) is 3.16. The molecule has 0 spiro atoms. The van der Waals surface area contributed by atoms with Gasteiger partial charge in [-0.2, -0.15) is 0 Å². The molecule has 0 unspecified atom stereocenters. The third-order valence-electron chi connectivity index (χ3n) is 5.57. The highest BCUT2D eigenvalue weighted by molar-refractivity contribution is 5.07. The minimum absolute atomic E-state index is 0.386. The molecule has 23 heavy (non-hydrogen) atoms. The zero-order valence-electron chi connectivity index (χ0n) is 14.3. The van der Waals surface area contributed by atoms with Gasteiger partial charge in [-0.25, -0.2) is 0 Å². The number of fused-ring (bicyclic) bond motifs is 1. The van der Waals surface area contributed by atoms with Gasteiger partial charge in [-0.05, 0) is 32.7 Å². The van der Waals surface area contributed by atoms with Crippen molar-refractivity contribution in [3.05, 3.63) is 11.6 Å². The fourth-order valence-corrected chi connectivity index (χ4v) is 4.32. The average molecular weight is 319 g/mol. The second-order valence-corrected chi connectivity index (χ2v) is 7.35. The number of aryl methyl sites for hydroxylation is 1. The Morgan fingerprint density at radius 2 is 1.91 bits per heavy atom. The van der Waals surface area contributed by atoms with Gasteiger partial charge in [0.25, 0.3) is 0 Å². The maximum Gasteiger partial charge on any atom is 0.137 e. The number of hydrogen-bond acceptors (Lipinski definition) is 5. The van der Waals surface area contributed by atoms with Crippen LogP contribution < -0.4 is 0 Å². The molecule has 2 atom stereocenters. The van der Waals surface area contributed by atoms with Gasteiger partial charge in [-0.3, -0.25) is 4.90 Å². The van der Waals surface area contributed by atoms with E-state index in [-0.39, 0.29) is 0 Å². The number of nitrogens with zero attached hydrogens (tertiary/aromatic N) is 5. The van der Waals surface area contributed by atoms with Gasteiger partial charge in [0.15, 0.2) is 0 Å². The number of ether oxygens (including phenoxy) is 1. The van der Waals surface area contributed by atoms with Crippen molar-refractivity contribution in [2.45, 2.75) is 51.2 Å². The zero-order valence-corrected chi connectivity index (χ0v) is 14.3. The van der Waals surface area contributed by atoms with Gasteiger partial charge in [0, 0.05) is 51.6 Å². The van der Waals surface area contributed by atoms with E-state index >= 15 is 0 Å². The zero-order chi connectivity index (χ0) is 15.6. The molecule has 6 heteroatoms. The van der Waals surface area contributed by atoms with Crippen LogP contribution in [0, 0.1) is 0 Å². The highest BCUT2D eigenvalue weighted by Gasteiger charge is 2.28. The summed E-state index contributed by atoms with van der Waals surface area (Å²) in [6.45, 7) is 11.1. The second kappa shape index (κ2) is 6.87. The molecule has 2 saturated heterocycles. The van der Waals surface area contributed by atoms with Crippen molar-refractivity contribution >= 4 is 0 Å². The van der Waals surface area contributed by atoms with E-state index in [0.29, 0.717) is 12.0 Å². The number of rotatable bonds is 4. The molecule has 0 aromatic carbocycles. The summed E-state index contributed by atoms with van der Waals surface area (Å²) < 4.78 is 8.02. The fraction of sp³-hybridized carbons (Fsp3) is 0.882. The summed E-state index contributed by atoms with van der Waals surface area (Å²) in [5.74, 6) is 3.04. The van der Waals surface area contributed by atoms with Gasteiger partial charge in [-0.1, -0.05) is 0 Å². The van der Waals surface area contributed by atoms with Gasteiger partial charge in [0.1, 0.15) is 11.6 Å². The molecule has 2 fully saturated rings. The molecule has 0 amide bonds. The number of aromatic nitrogens is 3. The highest BCUT2D eigenvalue weighted by atomic mass is 16.5. The normalized spacial score (nSPS) is 29.8.